The molecule has 0 atom stereocenters. The molecule has 2 rings (SSSR count). The summed E-state index contributed by atoms with van der Waals surface area (Å²) in [5.41, 5.74) is 1.23. The fraction of sp³-hybridized carbons (Fsp3) is 0.333. The van der Waals surface area contributed by atoms with Gasteiger partial charge >= 0.3 is 0 Å². The van der Waals surface area contributed by atoms with Crippen LogP contribution < -0.4 is 5.32 Å². The van der Waals surface area contributed by atoms with Crippen LogP contribution >= 0.6 is 0 Å². The highest BCUT2D eigenvalue weighted by Crippen LogP contribution is 2.12. The predicted molar refractivity (Wildman–Crippen MR) is 74.9 cm³/mol. The van der Waals surface area contributed by atoms with Gasteiger partial charge in [0, 0.05) is 23.8 Å². The Hall–Kier alpha value is -2.24. The third-order valence-corrected chi connectivity index (χ3v) is 3.09. The number of nitrogens with zero attached hydrogens (tertiary/aromatic N) is 2. The first kappa shape index (κ1) is 15.2. The van der Waals surface area contributed by atoms with Gasteiger partial charge in [-0.2, -0.15) is 5.10 Å². The van der Waals surface area contributed by atoms with E-state index >= 15 is 0 Å². The van der Waals surface area contributed by atoms with Gasteiger partial charge in [0.25, 0.3) is 5.91 Å². The molecule has 0 fully saturated rings. The maximum atomic E-state index is 13.5. The largest absolute Gasteiger partial charge is 0.346 e. The van der Waals surface area contributed by atoms with Crippen molar-refractivity contribution in [1.29, 1.82) is 0 Å². The quantitative estimate of drug-likeness (QED) is 0.942. The number of hydrogen-bond donors (Lipinski definition) is 1. The SMILES string of the molecule is Cc1cc(C(=O)NCc2cc(F)ccc2F)nn1C(C)C. The normalized spacial score (nSPS) is 11.0. The maximum absolute atomic E-state index is 13.5. The Morgan fingerprint density at radius 1 is 1.33 bits per heavy atom. The van der Waals surface area contributed by atoms with Crippen LogP contribution in [-0.2, 0) is 6.54 Å². The number of nitrogens with one attached hydrogen (secondary N) is 1. The van der Waals surface area contributed by atoms with E-state index in [1.807, 2.05) is 20.8 Å². The summed E-state index contributed by atoms with van der Waals surface area (Å²) in [6, 6.07) is 4.94. The minimum Gasteiger partial charge on any atom is -0.346 e. The van der Waals surface area contributed by atoms with Gasteiger partial charge in [-0.3, -0.25) is 9.48 Å². The van der Waals surface area contributed by atoms with E-state index in [2.05, 4.69) is 10.4 Å². The molecule has 1 N–H and O–H groups in total. The molecule has 0 aliphatic rings. The van der Waals surface area contributed by atoms with Crippen molar-refractivity contribution < 1.29 is 13.6 Å². The first-order chi connectivity index (χ1) is 9.88. The van der Waals surface area contributed by atoms with E-state index in [1.165, 1.54) is 0 Å². The van der Waals surface area contributed by atoms with Gasteiger partial charge in [0.2, 0.25) is 0 Å². The number of aromatic nitrogens is 2. The first-order valence-corrected chi connectivity index (χ1v) is 6.66. The molecule has 0 unspecified atom stereocenters. The van der Waals surface area contributed by atoms with Crippen molar-refractivity contribution in [2.45, 2.75) is 33.4 Å². The van der Waals surface area contributed by atoms with E-state index < -0.39 is 17.5 Å². The lowest BCUT2D eigenvalue weighted by Gasteiger charge is -2.07. The lowest BCUT2D eigenvalue weighted by molar-refractivity contribution is 0.0944. The fourth-order valence-corrected chi connectivity index (χ4v) is 2.07. The minimum atomic E-state index is -0.555. The molecule has 1 heterocycles. The highest BCUT2D eigenvalue weighted by atomic mass is 19.1. The fourth-order valence-electron chi connectivity index (χ4n) is 2.07. The van der Waals surface area contributed by atoms with Crippen LogP contribution in [0.2, 0.25) is 0 Å². The van der Waals surface area contributed by atoms with Crippen molar-refractivity contribution in [3.05, 3.63) is 52.9 Å². The van der Waals surface area contributed by atoms with Crippen molar-refractivity contribution in [2.75, 3.05) is 0 Å². The number of carbonyl (C=O) groups excluding carboxylic acids is 1. The van der Waals surface area contributed by atoms with Gasteiger partial charge in [-0.1, -0.05) is 0 Å². The standard InChI is InChI=1S/C15H17F2N3O/c1-9(2)20-10(3)6-14(19-20)15(21)18-8-11-7-12(16)4-5-13(11)17/h4-7,9H,8H2,1-3H3,(H,18,21). The van der Waals surface area contributed by atoms with Crippen molar-refractivity contribution in [3.8, 4) is 0 Å². The van der Waals surface area contributed by atoms with Crippen molar-refractivity contribution in [2.24, 2.45) is 0 Å². The van der Waals surface area contributed by atoms with Crippen molar-refractivity contribution in [1.82, 2.24) is 15.1 Å². The highest BCUT2D eigenvalue weighted by Gasteiger charge is 2.14. The monoisotopic (exact) mass is 293 g/mol. The molecule has 0 aliphatic heterocycles. The van der Waals surface area contributed by atoms with Crippen LogP contribution in [0.3, 0.4) is 0 Å². The molecular weight excluding hydrogens is 276 g/mol. The Bertz CT molecular complexity index is 665. The smallest absolute Gasteiger partial charge is 0.272 e. The molecule has 1 amide bonds. The first-order valence-electron chi connectivity index (χ1n) is 6.66. The summed E-state index contributed by atoms with van der Waals surface area (Å²) in [5.74, 6) is -1.51. The molecule has 112 valence electrons. The van der Waals surface area contributed by atoms with Gasteiger partial charge < -0.3 is 5.32 Å². The molecule has 0 bridgehead atoms. The summed E-state index contributed by atoms with van der Waals surface area (Å²) < 4.78 is 28.2. The van der Waals surface area contributed by atoms with Crippen molar-refractivity contribution >= 4 is 5.91 Å². The third-order valence-electron chi connectivity index (χ3n) is 3.09. The molecule has 1 aromatic heterocycles. The van der Waals surface area contributed by atoms with Crippen LogP contribution in [0.1, 0.15) is 41.6 Å². The average Bonchev–Trinajstić information content (AvgIpc) is 2.82. The third kappa shape index (κ3) is 3.45. The van der Waals surface area contributed by atoms with Crippen molar-refractivity contribution in [3.63, 3.8) is 0 Å². The van der Waals surface area contributed by atoms with Crippen LogP contribution in [0.5, 0.6) is 0 Å². The molecule has 2 aromatic rings. The summed E-state index contributed by atoms with van der Waals surface area (Å²) in [4.78, 5) is 12.0. The van der Waals surface area contributed by atoms with E-state index in [0.717, 1.165) is 23.9 Å². The molecule has 0 radical (unpaired) electrons. The Morgan fingerprint density at radius 2 is 2.05 bits per heavy atom. The maximum Gasteiger partial charge on any atom is 0.272 e. The van der Waals surface area contributed by atoms with Gasteiger partial charge in [0.15, 0.2) is 0 Å². The number of halogens is 2. The van der Waals surface area contributed by atoms with Gasteiger partial charge in [-0.05, 0) is 45.0 Å². The van der Waals surface area contributed by atoms with E-state index in [4.69, 9.17) is 0 Å². The van der Waals surface area contributed by atoms with Crippen LogP contribution in [0.4, 0.5) is 8.78 Å². The van der Waals surface area contributed by atoms with Crippen LogP contribution in [0, 0.1) is 18.6 Å². The van der Waals surface area contributed by atoms with Crippen LogP contribution in [0.25, 0.3) is 0 Å². The van der Waals surface area contributed by atoms with Gasteiger partial charge in [0.1, 0.15) is 17.3 Å². The average molecular weight is 293 g/mol. The zero-order chi connectivity index (χ0) is 15.6. The minimum absolute atomic E-state index is 0.0873. The second-order valence-corrected chi connectivity index (χ2v) is 5.13. The number of hydrogen-bond acceptors (Lipinski definition) is 2. The van der Waals surface area contributed by atoms with Gasteiger partial charge in [-0.25, -0.2) is 8.78 Å². The topological polar surface area (TPSA) is 46.9 Å². The number of carbonyl (C=O) groups is 1. The van der Waals surface area contributed by atoms with Gasteiger partial charge in [-0.15, -0.1) is 0 Å². The number of rotatable bonds is 4. The molecule has 4 nitrogen and oxygen atoms in total. The Kier molecular flexibility index (Phi) is 4.35. The molecule has 0 aliphatic carbocycles. The summed E-state index contributed by atoms with van der Waals surface area (Å²) in [6.45, 7) is 5.69. The summed E-state index contributed by atoms with van der Waals surface area (Å²) >= 11 is 0. The number of amides is 1. The van der Waals surface area contributed by atoms with Gasteiger partial charge in [0.05, 0.1) is 0 Å². The second kappa shape index (κ2) is 6.03. The van der Waals surface area contributed by atoms with Crippen LogP contribution in [-0.4, -0.2) is 15.7 Å². The zero-order valence-corrected chi connectivity index (χ0v) is 12.2. The second-order valence-electron chi connectivity index (χ2n) is 5.13. The summed E-state index contributed by atoms with van der Waals surface area (Å²) in [5, 5.41) is 6.74. The molecule has 0 spiro atoms. The zero-order valence-electron chi connectivity index (χ0n) is 12.2. The molecule has 1 aromatic carbocycles. The number of aryl methyl sites for hydroxylation is 1. The molecule has 0 saturated carbocycles. The van der Waals surface area contributed by atoms with E-state index in [1.54, 1.807) is 10.7 Å². The molecular formula is C15H17F2N3O. The van der Waals surface area contributed by atoms with Crippen LogP contribution in [0.15, 0.2) is 24.3 Å². The van der Waals surface area contributed by atoms with E-state index in [0.29, 0.717) is 0 Å². The number of benzene rings is 1. The lowest BCUT2D eigenvalue weighted by Crippen LogP contribution is -2.24. The summed E-state index contributed by atoms with van der Waals surface area (Å²) in [6.07, 6.45) is 0. The van der Waals surface area contributed by atoms with E-state index in [9.17, 15) is 13.6 Å². The Labute approximate surface area is 121 Å². The lowest BCUT2D eigenvalue weighted by atomic mass is 10.2. The molecule has 21 heavy (non-hydrogen) atoms. The predicted octanol–water partition coefficient (Wildman–Crippen LogP) is 2.98. The summed E-state index contributed by atoms with van der Waals surface area (Å²) in [7, 11) is 0. The molecule has 6 heteroatoms. The highest BCUT2D eigenvalue weighted by molar-refractivity contribution is 5.92. The van der Waals surface area contributed by atoms with E-state index in [-0.39, 0.29) is 23.8 Å². The Morgan fingerprint density at radius 3 is 2.67 bits per heavy atom. The molecule has 0 saturated heterocycles. The Balaban J connectivity index is 2.08.